The van der Waals surface area contributed by atoms with E-state index in [4.69, 9.17) is 0 Å². The van der Waals surface area contributed by atoms with E-state index in [0.29, 0.717) is 17.9 Å². The van der Waals surface area contributed by atoms with Crippen LogP contribution < -0.4 is 4.74 Å². The summed E-state index contributed by atoms with van der Waals surface area (Å²) in [6, 6.07) is 15.6. The largest absolute Gasteiger partial charge is 0.618 e. The van der Waals surface area contributed by atoms with E-state index in [1.165, 1.54) is 6.21 Å². The van der Waals surface area contributed by atoms with Crippen molar-refractivity contribution in [3.63, 3.8) is 0 Å². The molecule has 0 aliphatic heterocycles. The molecule has 90 valence electrons. The highest BCUT2D eigenvalue weighted by Crippen LogP contribution is 2.17. The zero-order valence-corrected chi connectivity index (χ0v) is 9.52. The van der Waals surface area contributed by atoms with Crippen LogP contribution in [-0.2, 0) is 4.79 Å². The number of ether oxygens (including phenoxy) is 1. The molecule has 0 radical (unpaired) electrons. The third-order valence-electron chi connectivity index (χ3n) is 2.34. The Bertz CT molecular complexity index is 547. The van der Waals surface area contributed by atoms with E-state index < -0.39 is 0 Å². The summed E-state index contributed by atoms with van der Waals surface area (Å²) < 4.78 is 5.41. The first-order valence-corrected chi connectivity index (χ1v) is 5.36. The van der Waals surface area contributed by atoms with E-state index in [2.05, 4.69) is 4.74 Å². The first kappa shape index (κ1) is 11.9. The van der Waals surface area contributed by atoms with Crippen LogP contribution in [0.2, 0.25) is 0 Å². The summed E-state index contributed by atoms with van der Waals surface area (Å²) in [5, 5.41) is 11.8. The monoisotopic (exact) mass is 241 g/mol. The van der Waals surface area contributed by atoms with Gasteiger partial charge in [0.25, 0.3) is 6.47 Å². The third kappa shape index (κ3) is 2.95. The molecule has 0 saturated heterocycles. The summed E-state index contributed by atoms with van der Waals surface area (Å²) >= 11 is 0. The van der Waals surface area contributed by atoms with Crippen LogP contribution in [0.15, 0.2) is 54.6 Å². The lowest BCUT2D eigenvalue weighted by Crippen LogP contribution is -1.98. The van der Waals surface area contributed by atoms with Gasteiger partial charge in [-0.25, -0.2) is 0 Å². The predicted octanol–water partition coefficient (Wildman–Crippen LogP) is 2.48. The van der Waals surface area contributed by atoms with Crippen LogP contribution in [0.5, 0.6) is 5.75 Å². The lowest BCUT2D eigenvalue weighted by molar-refractivity contribution is -0.354. The van der Waals surface area contributed by atoms with Gasteiger partial charge < -0.3 is 9.94 Å². The zero-order chi connectivity index (χ0) is 12.8. The molecule has 0 saturated carbocycles. The fourth-order valence-electron chi connectivity index (χ4n) is 1.48. The van der Waals surface area contributed by atoms with Gasteiger partial charge >= 0.3 is 0 Å². The van der Waals surface area contributed by atoms with E-state index in [0.717, 1.165) is 10.3 Å². The van der Waals surface area contributed by atoms with E-state index in [9.17, 15) is 10.0 Å². The molecule has 4 heteroatoms. The molecule has 0 atom stereocenters. The molecule has 2 rings (SSSR count). The molecule has 2 aromatic rings. The molecule has 0 amide bonds. The SMILES string of the molecule is O=COc1ccc([N+]([O-])=Cc2ccccc2)cc1. The molecule has 0 fully saturated rings. The second kappa shape index (κ2) is 5.63. The minimum absolute atomic E-state index is 0.347. The molecule has 0 aromatic heterocycles. The molecule has 18 heavy (non-hydrogen) atoms. The van der Waals surface area contributed by atoms with Gasteiger partial charge in [0, 0.05) is 17.7 Å². The third-order valence-corrected chi connectivity index (χ3v) is 2.34. The standard InChI is InChI=1S/C14H11NO3/c16-11-18-14-8-6-13(7-9-14)15(17)10-12-4-2-1-3-5-12/h1-11H. The Morgan fingerprint density at radius 3 is 2.28 bits per heavy atom. The number of hydrogen-bond donors (Lipinski definition) is 0. The molecular formula is C14H11NO3. The van der Waals surface area contributed by atoms with Crippen LogP contribution in [0.4, 0.5) is 5.69 Å². The van der Waals surface area contributed by atoms with Crippen molar-refractivity contribution < 1.29 is 14.3 Å². The van der Waals surface area contributed by atoms with Crippen LogP contribution >= 0.6 is 0 Å². The van der Waals surface area contributed by atoms with Crippen molar-refractivity contribution in [2.75, 3.05) is 0 Å². The molecule has 0 unspecified atom stereocenters. The van der Waals surface area contributed by atoms with Gasteiger partial charge in [0.15, 0.2) is 6.21 Å². The van der Waals surface area contributed by atoms with E-state index in [1.807, 2.05) is 30.3 Å². The van der Waals surface area contributed by atoms with Crippen molar-refractivity contribution in [3.05, 3.63) is 65.4 Å². The van der Waals surface area contributed by atoms with Crippen LogP contribution in [-0.4, -0.2) is 17.4 Å². The number of rotatable bonds is 4. The minimum Gasteiger partial charge on any atom is -0.618 e. The lowest BCUT2D eigenvalue weighted by Gasteiger charge is -2.03. The van der Waals surface area contributed by atoms with Crippen LogP contribution in [0.3, 0.4) is 0 Å². The molecule has 4 nitrogen and oxygen atoms in total. The normalized spacial score (nSPS) is 11.0. The number of hydrogen-bond acceptors (Lipinski definition) is 3. The van der Waals surface area contributed by atoms with Crippen molar-refractivity contribution in [1.29, 1.82) is 0 Å². The summed E-state index contributed by atoms with van der Waals surface area (Å²) in [7, 11) is 0. The molecule has 0 N–H and O–H groups in total. The molecule has 0 heterocycles. The van der Waals surface area contributed by atoms with E-state index in [1.54, 1.807) is 24.3 Å². The summed E-state index contributed by atoms with van der Waals surface area (Å²) in [4.78, 5) is 10.1. The average molecular weight is 241 g/mol. The highest BCUT2D eigenvalue weighted by Gasteiger charge is 2.02. The highest BCUT2D eigenvalue weighted by atomic mass is 16.5. The number of carbonyl (C=O) groups is 1. The first-order chi connectivity index (χ1) is 8.79. The van der Waals surface area contributed by atoms with Gasteiger partial charge in [-0.1, -0.05) is 18.2 Å². The summed E-state index contributed by atoms with van der Waals surface area (Å²) in [6.07, 6.45) is 1.48. The summed E-state index contributed by atoms with van der Waals surface area (Å²) in [6.45, 7) is 0.347. The Balaban J connectivity index is 2.20. The maximum atomic E-state index is 11.8. The van der Waals surface area contributed by atoms with Crippen molar-refractivity contribution in [1.82, 2.24) is 0 Å². The second-order valence-electron chi connectivity index (χ2n) is 3.57. The van der Waals surface area contributed by atoms with Crippen LogP contribution in [0.1, 0.15) is 5.56 Å². The van der Waals surface area contributed by atoms with Crippen LogP contribution in [0, 0.1) is 5.21 Å². The van der Waals surface area contributed by atoms with Crippen molar-refractivity contribution in [2.24, 2.45) is 0 Å². The smallest absolute Gasteiger partial charge is 0.298 e. The first-order valence-electron chi connectivity index (χ1n) is 5.36. The van der Waals surface area contributed by atoms with Gasteiger partial charge in [0.1, 0.15) is 5.75 Å². The minimum atomic E-state index is 0.347. The molecule has 0 aliphatic carbocycles. The van der Waals surface area contributed by atoms with Gasteiger partial charge in [-0.3, -0.25) is 4.79 Å². The fraction of sp³-hybridized carbons (Fsp3) is 0. The second-order valence-corrected chi connectivity index (χ2v) is 3.57. The molecule has 0 aliphatic rings. The zero-order valence-electron chi connectivity index (χ0n) is 9.52. The van der Waals surface area contributed by atoms with E-state index >= 15 is 0 Å². The molecular weight excluding hydrogens is 230 g/mol. The van der Waals surface area contributed by atoms with Crippen LogP contribution in [0.25, 0.3) is 0 Å². The molecule has 2 aromatic carbocycles. The maximum Gasteiger partial charge on any atom is 0.298 e. The Labute approximate surface area is 104 Å². The Morgan fingerprint density at radius 2 is 1.67 bits per heavy atom. The number of carbonyl (C=O) groups excluding carboxylic acids is 1. The highest BCUT2D eigenvalue weighted by molar-refractivity contribution is 5.76. The van der Waals surface area contributed by atoms with Crippen molar-refractivity contribution in [3.8, 4) is 5.75 Å². The maximum absolute atomic E-state index is 11.8. The molecule has 0 spiro atoms. The fourth-order valence-corrected chi connectivity index (χ4v) is 1.48. The Kier molecular flexibility index (Phi) is 3.71. The van der Waals surface area contributed by atoms with Crippen molar-refractivity contribution in [2.45, 2.75) is 0 Å². The lowest BCUT2D eigenvalue weighted by atomic mass is 10.2. The van der Waals surface area contributed by atoms with Gasteiger partial charge in [-0.05, 0) is 24.3 Å². The molecule has 0 bridgehead atoms. The quantitative estimate of drug-likeness (QED) is 0.272. The van der Waals surface area contributed by atoms with Gasteiger partial charge in [0.05, 0.1) is 0 Å². The summed E-state index contributed by atoms with van der Waals surface area (Å²) in [5.74, 6) is 0.405. The Hall–Kier alpha value is -2.62. The van der Waals surface area contributed by atoms with Gasteiger partial charge in [-0.2, -0.15) is 4.74 Å². The predicted molar refractivity (Wildman–Crippen MR) is 68.0 cm³/mol. The number of nitrogens with zero attached hydrogens (tertiary/aromatic N) is 1. The summed E-state index contributed by atoms with van der Waals surface area (Å²) in [5.41, 5.74) is 1.29. The van der Waals surface area contributed by atoms with Gasteiger partial charge in [-0.15, -0.1) is 0 Å². The number of benzene rings is 2. The van der Waals surface area contributed by atoms with E-state index in [-0.39, 0.29) is 0 Å². The van der Waals surface area contributed by atoms with Gasteiger partial charge in [0.2, 0.25) is 5.69 Å². The Morgan fingerprint density at radius 1 is 1.00 bits per heavy atom. The average Bonchev–Trinajstić information content (AvgIpc) is 2.41. The van der Waals surface area contributed by atoms with Crippen molar-refractivity contribution >= 4 is 18.4 Å². The topological polar surface area (TPSA) is 52.4 Å².